The molecule has 1 aromatic rings. The molecule has 4 nitrogen and oxygen atoms in total. The van der Waals surface area contributed by atoms with Crippen LogP contribution in [0.5, 0.6) is 0 Å². The molecule has 1 aliphatic carbocycles. The fourth-order valence-corrected chi connectivity index (χ4v) is 3.74. The van der Waals surface area contributed by atoms with Crippen LogP contribution in [0.2, 0.25) is 0 Å². The van der Waals surface area contributed by atoms with Crippen LogP contribution in [0.4, 0.5) is 0 Å². The average Bonchev–Trinajstić information content (AvgIpc) is 2.57. The number of hydrogen-bond acceptors (Lipinski definition) is 2. The summed E-state index contributed by atoms with van der Waals surface area (Å²) in [6, 6.07) is 1.82. The van der Waals surface area contributed by atoms with E-state index < -0.39 is 10.0 Å². The van der Waals surface area contributed by atoms with E-state index in [9.17, 15) is 8.42 Å². The molecule has 0 unspecified atom stereocenters. The van der Waals surface area contributed by atoms with Crippen LogP contribution in [-0.2, 0) is 23.0 Å². The first-order valence-electron chi connectivity index (χ1n) is 5.66. The van der Waals surface area contributed by atoms with E-state index in [1.54, 1.807) is 30.9 Å². The normalized spacial score (nSPS) is 17.4. The minimum Gasteiger partial charge on any atom is -0.352 e. The Hall–Kier alpha value is -0.520. The molecule has 1 aliphatic rings. The number of hydrogen-bond donors (Lipinski definition) is 0. The summed E-state index contributed by atoms with van der Waals surface area (Å²) in [7, 11) is 0.108. The Morgan fingerprint density at radius 2 is 2.18 bits per heavy atom. The highest BCUT2D eigenvalue weighted by atomic mass is 35.5. The van der Waals surface area contributed by atoms with Gasteiger partial charge < -0.3 is 4.57 Å². The van der Waals surface area contributed by atoms with E-state index in [4.69, 9.17) is 11.6 Å². The molecule has 0 amide bonds. The molecule has 1 aromatic heterocycles. The van der Waals surface area contributed by atoms with Gasteiger partial charge >= 0.3 is 0 Å². The first-order valence-corrected chi connectivity index (χ1v) is 7.63. The van der Waals surface area contributed by atoms with Gasteiger partial charge in [-0.2, -0.15) is 4.31 Å². The smallest absolute Gasteiger partial charge is 0.244 e. The maximum absolute atomic E-state index is 12.3. The van der Waals surface area contributed by atoms with Crippen molar-refractivity contribution >= 4 is 21.6 Å². The molecular formula is C11H17ClN2O2S. The van der Waals surface area contributed by atoms with Crippen LogP contribution in [0.15, 0.2) is 17.2 Å². The third kappa shape index (κ3) is 2.23. The van der Waals surface area contributed by atoms with Crippen molar-refractivity contribution in [3.63, 3.8) is 0 Å². The highest BCUT2D eigenvalue weighted by Crippen LogP contribution is 2.29. The molecule has 1 fully saturated rings. The van der Waals surface area contributed by atoms with E-state index in [0.717, 1.165) is 25.0 Å². The topological polar surface area (TPSA) is 42.3 Å². The molecule has 96 valence electrons. The lowest BCUT2D eigenvalue weighted by atomic mass is 9.94. The van der Waals surface area contributed by atoms with Crippen LogP contribution in [0.25, 0.3) is 0 Å². The van der Waals surface area contributed by atoms with Crippen LogP contribution in [0.3, 0.4) is 0 Å². The molecule has 0 aliphatic heterocycles. The van der Waals surface area contributed by atoms with E-state index in [1.807, 2.05) is 0 Å². The number of halogens is 1. The van der Waals surface area contributed by atoms with E-state index in [-0.39, 0.29) is 6.04 Å². The van der Waals surface area contributed by atoms with Gasteiger partial charge in [-0.05, 0) is 18.9 Å². The zero-order valence-electron chi connectivity index (χ0n) is 10.1. The number of alkyl halides is 1. The van der Waals surface area contributed by atoms with Gasteiger partial charge in [0.15, 0.2) is 0 Å². The molecule has 0 spiro atoms. The Bertz CT molecular complexity index is 506. The Kier molecular flexibility index (Phi) is 3.52. The Morgan fingerprint density at radius 1 is 1.53 bits per heavy atom. The van der Waals surface area contributed by atoms with E-state index in [0.29, 0.717) is 10.8 Å². The van der Waals surface area contributed by atoms with Crippen LogP contribution in [-0.4, -0.2) is 30.4 Å². The molecular weight excluding hydrogens is 260 g/mol. The van der Waals surface area contributed by atoms with E-state index in [2.05, 4.69) is 0 Å². The highest BCUT2D eigenvalue weighted by Gasteiger charge is 2.32. The second-order valence-corrected chi connectivity index (χ2v) is 6.78. The maximum atomic E-state index is 12.3. The molecule has 0 radical (unpaired) electrons. The van der Waals surface area contributed by atoms with Gasteiger partial charge in [-0.1, -0.05) is 6.42 Å². The van der Waals surface area contributed by atoms with Gasteiger partial charge in [0.05, 0.1) is 5.88 Å². The van der Waals surface area contributed by atoms with Gasteiger partial charge in [0.2, 0.25) is 10.0 Å². The second kappa shape index (κ2) is 4.63. The minimum atomic E-state index is -3.36. The number of sulfonamides is 1. The predicted octanol–water partition coefficient (Wildman–Crippen LogP) is 1.94. The van der Waals surface area contributed by atoms with Crippen molar-refractivity contribution in [3.8, 4) is 0 Å². The van der Waals surface area contributed by atoms with Gasteiger partial charge in [0.25, 0.3) is 0 Å². The van der Waals surface area contributed by atoms with Crippen molar-refractivity contribution in [3.05, 3.63) is 18.0 Å². The third-order valence-corrected chi connectivity index (χ3v) is 5.63. The lowest BCUT2D eigenvalue weighted by molar-refractivity contribution is 0.249. The van der Waals surface area contributed by atoms with Crippen molar-refractivity contribution in [1.82, 2.24) is 8.87 Å². The molecule has 17 heavy (non-hydrogen) atoms. The van der Waals surface area contributed by atoms with Crippen LogP contribution >= 0.6 is 11.6 Å². The second-order valence-electron chi connectivity index (χ2n) is 4.52. The summed E-state index contributed by atoms with van der Waals surface area (Å²) in [5.41, 5.74) is 0.812. The van der Waals surface area contributed by atoms with Crippen LogP contribution in [0.1, 0.15) is 25.0 Å². The third-order valence-electron chi connectivity index (χ3n) is 3.49. The molecule has 6 heteroatoms. The number of aryl methyl sites for hydroxylation is 1. The summed E-state index contributed by atoms with van der Waals surface area (Å²) < 4.78 is 27.9. The summed E-state index contributed by atoms with van der Waals surface area (Å²) in [5, 5.41) is 0. The lowest BCUT2D eigenvalue weighted by Crippen LogP contribution is -2.41. The molecule has 0 atom stereocenters. The molecule has 2 rings (SSSR count). The predicted molar refractivity (Wildman–Crippen MR) is 67.6 cm³/mol. The van der Waals surface area contributed by atoms with Crippen molar-refractivity contribution in [2.24, 2.45) is 7.05 Å². The minimum absolute atomic E-state index is 0.166. The van der Waals surface area contributed by atoms with Gasteiger partial charge in [0, 0.05) is 32.0 Å². The van der Waals surface area contributed by atoms with Crippen molar-refractivity contribution in [2.45, 2.75) is 36.1 Å². The molecule has 0 bridgehead atoms. The number of aromatic nitrogens is 1. The summed E-state index contributed by atoms with van der Waals surface area (Å²) in [4.78, 5) is 0.338. The fourth-order valence-electron chi connectivity index (χ4n) is 1.96. The van der Waals surface area contributed by atoms with Gasteiger partial charge in [0.1, 0.15) is 4.90 Å². The summed E-state index contributed by atoms with van der Waals surface area (Å²) >= 11 is 5.75. The monoisotopic (exact) mass is 276 g/mol. The molecule has 1 saturated carbocycles. The summed E-state index contributed by atoms with van der Waals surface area (Å²) in [6.07, 6.45) is 4.67. The highest BCUT2D eigenvalue weighted by molar-refractivity contribution is 7.89. The first-order chi connectivity index (χ1) is 7.96. The van der Waals surface area contributed by atoms with Crippen LogP contribution in [0, 0.1) is 0 Å². The Morgan fingerprint density at radius 3 is 2.59 bits per heavy atom. The molecule has 0 N–H and O–H groups in total. The standard InChI is InChI=1S/C11H17ClN2O2S/c1-13-8-11(6-10(13)7-12)17(15,16)14(2)9-4-3-5-9/h6,8-9H,3-5,7H2,1-2H3. The Labute approximate surface area is 107 Å². The largest absolute Gasteiger partial charge is 0.352 e. The Balaban J connectivity index is 2.30. The van der Waals surface area contributed by atoms with E-state index in [1.165, 1.54) is 4.31 Å². The zero-order valence-corrected chi connectivity index (χ0v) is 11.6. The average molecular weight is 277 g/mol. The molecule has 1 heterocycles. The SMILES string of the molecule is CN(C1CCC1)S(=O)(=O)c1cc(CCl)n(C)c1. The number of rotatable bonds is 4. The van der Waals surface area contributed by atoms with Crippen molar-refractivity contribution in [2.75, 3.05) is 7.05 Å². The maximum Gasteiger partial charge on any atom is 0.244 e. The van der Waals surface area contributed by atoms with Crippen molar-refractivity contribution < 1.29 is 8.42 Å². The van der Waals surface area contributed by atoms with Crippen molar-refractivity contribution in [1.29, 1.82) is 0 Å². The fraction of sp³-hybridized carbons (Fsp3) is 0.636. The quantitative estimate of drug-likeness (QED) is 0.789. The van der Waals surface area contributed by atoms with Gasteiger partial charge in [-0.25, -0.2) is 8.42 Å². The zero-order chi connectivity index (χ0) is 12.6. The van der Waals surface area contributed by atoms with E-state index >= 15 is 0 Å². The van der Waals surface area contributed by atoms with Crippen LogP contribution < -0.4 is 0 Å². The first kappa shape index (κ1) is 12.9. The lowest BCUT2D eigenvalue weighted by Gasteiger charge is -2.33. The molecule has 0 saturated heterocycles. The van der Waals surface area contributed by atoms with Gasteiger partial charge in [-0.15, -0.1) is 11.6 Å². The summed E-state index contributed by atoms with van der Waals surface area (Å²) in [6.45, 7) is 0. The number of nitrogens with zero attached hydrogens (tertiary/aromatic N) is 2. The summed E-state index contributed by atoms with van der Waals surface area (Å²) in [5.74, 6) is 0.319. The molecule has 0 aromatic carbocycles. The van der Waals surface area contributed by atoms with Gasteiger partial charge in [-0.3, -0.25) is 0 Å².